The van der Waals surface area contributed by atoms with Crippen molar-refractivity contribution in [2.75, 3.05) is 57.3 Å². The number of nitrogens with zero attached hydrogens (tertiary/aromatic N) is 7. The van der Waals surface area contributed by atoms with E-state index in [0.29, 0.717) is 55.0 Å². The molecule has 5 aliphatic rings. The van der Waals surface area contributed by atoms with Gasteiger partial charge in [-0.1, -0.05) is 24.8 Å². The van der Waals surface area contributed by atoms with Crippen LogP contribution in [-0.4, -0.2) is 89.1 Å². The highest BCUT2D eigenvalue weighted by Gasteiger charge is 2.47. The molecule has 2 aromatic heterocycles. The van der Waals surface area contributed by atoms with Gasteiger partial charge in [-0.2, -0.15) is 9.97 Å². The molecular formula is C35H38FN7O2. The van der Waals surface area contributed by atoms with Gasteiger partial charge < -0.3 is 24.3 Å². The van der Waals surface area contributed by atoms with E-state index in [1.54, 1.807) is 11.1 Å². The third kappa shape index (κ3) is 5.11. The Hall–Kier alpha value is -4.10. The highest BCUT2D eigenvalue weighted by Crippen LogP contribution is 2.58. The maximum atomic E-state index is 16.7. The number of carbonyl (C=O) groups is 1. The summed E-state index contributed by atoms with van der Waals surface area (Å²) in [5.74, 6) is 1.13. The SMILES string of the molecule is [C-]#[N+]C[C@H]1CN(c2nc(OCC3(CN4CCCC4)CC3)nc3c(F)c(-c4cccc5c4C[C@@H]4C[C@H]54)ncc23)CCN1C(=O)C=C. The van der Waals surface area contributed by atoms with Gasteiger partial charge in [-0.15, -0.1) is 0 Å². The highest BCUT2D eigenvalue weighted by molar-refractivity contribution is 5.93. The van der Waals surface area contributed by atoms with Gasteiger partial charge in [0.1, 0.15) is 23.1 Å². The molecule has 4 heterocycles. The summed E-state index contributed by atoms with van der Waals surface area (Å²) in [6, 6.07) is 5.97. The van der Waals surface area contributed by atoms with Crippen molar-refractivity contribution in [1.82, 2.24) is 24.8 Å². The van der Waals surface area contributed by atoms with Gasteiger partial charge in [0, 0.05) is 43.4 Å². The first-order valence-corrected chi connectivity index (χ1v) is 16.3. The van der Waals surface area contributed by atoms with Crippen LogP contribution in [0.25, 0.3) is 27.0 Å². The average molecular weight is 608 g/mol. The molecular weight excluding hydrogens is 569 g/mol. The fourth-order valence-corrected chi connectivity index (χ4v) is 7.91. The molecule has 0 N–H and O–H groups in total. The predicted octanol–water partition coefficient (Wildman–Crippen LogP) is 4.87. The second-order valence-electron chi connectivity index (χ2n) is 13.6. The van der Waals surface area contributed by atoms with Crippen LogP contribution in [0.5, 0.6) is 6.01 Å². The number of hydrogen-bond acceptors (Lipinski definition) is 7. The van der Waals surface area contributed by atoms with Crippen LogP contribution in [0.1, 0.15) is 49.1 Å². The fraction of sp³-hybridized carbons (Fsp3) is 0.514. The topological polar surface area (TPSA) is 79.1 Å². The van der Waals surface area contributed by atoms with E-state index in [0.717, 1.165) is 44.5 Å². The molecule has 2 aliphatic heterocycles. The number of carbonyl (C=O) groups excluding carboxylic acids is 1. The van der Waals surface area contributed by atoms with Crippen molar-refractivity contribution in [2.45, 2.75) is 50.5 Å². The van der Waals surface area contributed by atoms with Crippen LogP contribution in [-0.2, 0) is 11.2 Å². The van der Waals surface area contributed by atoms with Gasteiger partial charge >= 0.3 is 6.01 Å². The molecule has 0 unspecified atom stereocenters. The zero-order chi connectivity index (χ0) is 30.7. The van der Waals surface area contributed by atoms with Crippen molar-refractivity contribution in [3.8, 4) is 17.3 Å². The van der Waals surface area contributed by atoms with Gasteiger partial charge in [0.2, 0.25) is 12.5 Å². The summed E-state index contributed by atoms with van der Waals surface area (Å²) >= 11 is 0. The molecule has 45 heavy (non-hydrogen) atoms. The van der Waals surface area contributed by atoms with Crippen LogP contribution in [0.4, 0.5) is 10.2 Å². The van der Waals surface area contributed by atoms with E-state index in [1.807, 2.05) is 17.0 Å². The molecule has 4 fully saturated rings. The Labute approximate surface area is 262 Å². The van der Waals surface area contributed by atoms with Crippen molar-refractivity contribution in [3.05, 3.63) is 65.4 Å². The van der Waals surface area contributed by atoms with E-state index >= 15 is 4.39 Å². The summed E-state index contributed by atoms with van der Waals surface area (Å²) in [7, 11) is 0. The van der Waals surface area contributed by atoms with Crippen molar-refractivity contribution >= 4 is 22.6 Å². The molecule has 8 rings (SSSR count). The van der Waals surface area contributed by atoms with Crippen LogP contribution >= 0.6 is 0 Å². The number of piperazine rings is 1. The number of aromatic nitrogens is 3. The second-order valence-corrected chi connectivity index (χ2v) is 13.6. The van der Waals surface area contributed by atoms with Gasteiger partial charge in [-0.05, 0) is 80.7 Å². The minimum absolute atomic E-state index is 0.0909. The summed E-state index contributed by atoms with van der Waals surface area (Å²) in [4.78, 5) is 36.6. The van der Waals surface area contributed by atoms with E-state index in [2.05, 4.69) is 27.4 Å². The van der Waals surface area contributed by atoms with E-state index in [1.165, 1.54) is 36.5 Å². The summed E-state index contributed by atoms with van der Waals surface area (Å²) in [5, 5.41) is 0.502. The monoisotopic (exact) mass is 607 g/mol. The Balaban J connectivity index is 1.17. The molecule has 3 aromatic rings. The number of halogens is 1. The maximum absolute atomic E-state index is 16.7. The lowest BCUT2D eigenvalue weighted by Crippen LogP contribution is -2.56. The summed E-state index contributed by atoms with van der Waals surface area (Å²) in [6.07, 6.45) is 9.86. The first-order valence-electron chi connectivity index (χ1n) is 16.3. The zero-order valence-electron chi connectivity index (χ0n) is 25.6. The second kappa shape index (κ2) is 11.1. The third-order valence-corrected chi connectivity index (χ3v) is 10.7. The molecule has 10 heteroatoms. The van der Waals surface area contributed by atoms with Gasteiger partial charge in [0.25, 0.3) is 0 Å². The molecule has 0 bridgehead atoms. The van der Waals surface area contributed by atoms with Gasteiger partial charge in [0.15, 0.2) is 5.82 Å². The Morgan fingerprint density at radius 3 is 2.82 bits per heavy atom. The normalized spacial score (nSPS) is 24.7. The highest BCUT2D eigenvalue weighted by atomic mass is 19.1. The maximum Gasteiger partial charge on any atom is 0.319 e. The number of hydrogen-bond donors (Lipinski definition) is 0. The van der Waals surface area contributed by atoms with Crippen molar-refractivity contribution in [2.24, 2.45) is 11.3 Å². The summed E-state index contributed by atoms with van der Waals surface area (Å²) < 4.78 is 23.0. The minimum Gasteiger partial charge on any atom is -0.463 e. The molecule has 0 radical (unpaired) electrons. The van der Waals surface area contributed by atoms with Crippen LogP contribution in [0.3, 0.4) is 0 Å². The lowest BCUT2D eigenvalue weighted by molar-refractivity contribution is -0.128. The van der Waals surface area contributed by atoms with Crippen molar-refractivity contribution < 1.29 is 13.9 Å². The number of anilines is 1. The molecule has 2 saturated heterocycles. The smallest absolute Gasteiger partial charge is 0.319 e. The largest absolute Gasteiger partial charge is 0.463 e. The first kappa shape index (κ1) is 28.4. The Morgan fingerprint density at radius 1 is 1.20 bits per heavy atom. The lowest BCUT2D eigenvalue weighted by atomic mass is 9.96. The number of benzene rings is 1. The molecule has 2 saturated carbocycles. The molecule has 232 valence electrons. The molecule has 3 aliphatic carbocycles. The van der Waals surface area contributed by atoms with Crippen molar-refractivity contribution in [1.29, 1.82) is 0 Å². The van der Waals surface area contributed by atoms with Gasteiger partial charge in [-0.3, -0.25) is 9.78 Å². The minimum atomic E-state index is -0.466. The Kier molecular flexibility index (Phi) is 6.97. The molecule has 0 spiro atoms. The Morgan fingerprint density at radius 2 is 2.04 bits per heavy atom. The zero-order valence-corrected chi connectivity index (χ0v) is 25.6. The van der Waals surface area contributed by atoms with Gasteiger partial charge in [-0.25, -0.2) is 11.0 Å². The number of likely N-dealkylation sites (tertiary alicyclic amines) is 1. The molecule has 1 aromatic carbocycles. The van der Waals surface area contributed by atoms with Crippen LogP contribution in [0.15, 0.2) is 37.1 Å². The molecule has 9 nitrogen and oxygen atoms in total. The molecule has 1 amide bonds. The predicted molar refractivity (Wildman–Crippen MR) is 169 cm³/mol. The summed E-state index contributed by atoms with van der Waals surface area (Å²) in [5.41, 5.74) is 3.98. The third-order valence-electron chi connectivity index (χ3n) is 10.7. The van der Waals surface area contributed by atoms with E-state index in [4.69, 9.17) is 21.3 Å². The molecule has 3 atom stereocenters. The number of amides is 1. The number of ether oxygens (including phenoxy) is 1. The quantitative estimate of drug-likeness (QED) is 0.254. The number of fused-ring (bicyclic) bond motifs is 4. The van der Waals surface area contributed by atoms with E-state index < -0.39 is 5.82 Å². The summed E-state index contributed by atoms with van der Waals surface area (Å²) in [6.45, 7) is 16.3. The van der Waals surface area contributed by atoms with Crippen LogP contribution < -0.4 is 9.64 Å². The number of pyridine rings is 1. The Bertz CT molecular complexity index is 1730. The lowest BCUT2D eigenvalue weighted by Gasteiger charge is -2.39. The van der Waals surface area contributed by atoms with Crippen LogP contribution in [0.2, 0.25) is 0 Å². The number of rotatable bonds is 9. The first-order chi connectivity index (χ1) is 22.0. The van der Waals surface area contributed by atoms with Crippen LogP contribution in [0, 0.1) is 23.7 Å². The van der Waals surface area contributed by atoms with E-state index in [-0.39, 0.29) is 35.4 Å². The average Bonchev–Trinajstić information content (AvgIpc) is 3.91. The van der Waals surface area contributed by atoms with Crippen molar-refractivity contribution in [3.63, 3.8) is 0 Å². The fourth-order valence-electron chi connectivity index (χ4n) is 7.91. The van der Waals surface area contributed by atoms with Gasteiger partial charge in [0.05, 0.1) is 12.0 Å². The standard InChI is InChI=1S/C35H38FN7O2/c1-3-29(44)43-14-13-42(19-23(43)17-37-2)33-28-18-38-31(25-8-6-7-24-26-15-22(26)16-27(24)25)30(36)32(28)39-34(40-33)45-21-35(9-10-35)20-41-11-4-5-12-41/h3,6-8,18,22-23,26H,1,4-5,9-17,19-21H2/t22-,23-,26-/m0/s1. The van der Waals surface area contributed by atoms with E-state index in [9.17, 15) is 4.79 Å².